The number of phenolic OH excluding ortho intramolecular Hbond substituents is 2. The van der Waals surface area contributed by atoms with Gasteiger partial charge in [0.15, 0.2) is 0 Å². The van der Waals surface area contributed by atoms with Crippen molar-refractivity contribution in [3.8, 4) is 11.5 Å². The molecule has 13 nitrogen and oxygen atoms in total. The second-order valence-electron chi connectivity index (χ2n) is 8.71. The minimum absolute atomic E-state index is 0.0118. The summed E-state index contributed by atoms with van der Waals surface area (Å²) in [5, 5.41) is 35.5. The van der Waals surface area contributed by atoms with Crippen LogP contribution in [0, 0.1) is 0 Å². The number of phenols is 2. The Balaban J connectivity index is 2.30. The minimum atomic E-state index is -1.32. The first kappa shape index (κ1) is 29.6. The van der Waals surface area contributed by atoms with E-state index in [1.54, 1.807) is 0 Å². The SMILES string of the molecule is CC(NC(=O)C(Cc1ccc(O)cc1)NC(=O)C(Cc1ccc(O)cc1)NC(=O)C(N)CC(N)=O)C(=O)O. The first-order valence-corrected chi connectivity index (χ1v) is 11.6. The maximum atomic E-state index is 13.3. The average molecular weight is 530 g/mol. The Morgan fingerprint density at radius 2 is 1.13 bits per heavy atom. The highest BCUT2D eigenvalue weighted by Crippen LogP contribution is 2.14. The number of aliphatic carboxylic acids is 1. The maximum absolute atomic E-state index is 13.3. The Morgan fingerprint density at radius 3 is 1.53 bits per heavy atom. The summed E-state index contributed by atoms with van der Waals surface area (Å²) >= 11 is 0. The number of carbonyl (C=O) groups excluding carboxylic acids is 4. The van der Waals surface area contributed by atoms with Crippen molar-refractivity contribution in [3.05, 3.63) is 59.7 Å². The Kier molecular flexibility index (Phi) is 10.6. The van der Waals surface area contributed by atoms with Crippen molar-refractivity contribution in [2.24, 2.45) is 11.5 Å². The maximum Gasteiger partial charge on any atom is 0.325 e. The Labute approximate surface area is 218 Å². The Morgan fingerprint density at radius 1 is 0.737 bits per heavy atom. The van der Waals surface area contributed by atoms with Gasteiger partial charge in [0, 0.05) is 12.8 Å². The smallest absolute Gasteiger partial charge is 0.325 e. The van der Waals surface area contributed by atoms with Crippen LogP contribution in [0.3, 0.4) is 0 Å². The van der Waals surface area contributed by atoms with Gasteiger partial charge in [0.1, 0.15) is 29.6 Å². The topological polar surface area (TPSA) is 234 Å². The molecule has 0 aliphatic heterocycles. The summed E-state index contributed by atoms with van der Waals surface area (Å²) in [5.74, 6) is -4.54. The molecule has 4 amide bonds. The third-order valence-corrected chi connectivity index (χ3v) is 5.51. The van der Waals surface area contributed by atoms with Gasteiger partial charge in [-0.25, -0.2) is 0 Å². The Bertz CT molecular complexity index is 1150. The van der Waals surface area contributed by atoms with E-state index >= 15 is 0 Å². The molecule has 4 atom stereocenters. The fourth-order valence-electron chi connectivity index (χ4n) is 3.39. The summed E-state index contributed by atoms with van der Waals surface area (Å²) in [4.78, 5) is 61.2. The summed E-state index contributed by atoms with van der Waals surface area (Å²) in [6.45, 7) is 1.26. The minimum Gasteiger partial charge on any atom is -0.508 e. The molecule has 0 spiro atoms. The van der Waals surface area contributed by atoms with Crippen molar-refractivity contribution in [1.29, 1.82) is 0 Å². The first-order valence-electron chi connectivity index (χ1n) is 11.6. The van der Waals surface area contributed by atoms with Crippen molar-refractivity contribution in [1.82, 2.24) is 16.0 Å². The number of primary amides is 1. The van der Waals surface area contributed by atoms with Crippen LogP contribution in [-0.4, -0.2) is 69.1 Å². The molecule has 0 bridgehead atoms. The number of carboxylic acids is 1. The third kappa shape index (κ3) is 9.43. The second kappa shape index (κ2) is 13.6. The lowest BCUT2D eigenvalue weighted by Crippen LogP contribution is -2.58. The second-order valence-corrected chi connectivity index (χ2v) is 8.71. The van der Waals surface area contributed by atoms with Crippen LogP contribution in [0.15, 0.2) is 48.5 Å². The molecule has 0 aliphatic carbocycles. The lowest BCUT2D eigenvalue weighted by Gasteiger charge is -2.25. The number of nitrogens with two attached hydrogens (primary N) is 2. The fraction of sp³-hybridized carbons (Fsp3) is 0.320. The zero-order valence-corrected chi connectivity index (χ0v) is 20.6. The zero-order valence-electron chi connectivity index (χ0n) is 20.6. The van der Waals surface area contributed by atoms with Crippen molar-refractivity contribution in [3.63, 3.8) is 0 Å². The molecule has 0 radical (unpaired) electrons. The molecule has 0 heterocycles. The molecule has 2 aromatic rings. The van der Waals surface area contributed by atoms with Crippen molar-refractivity contribution in [2.45, 2.75) is 50.4 Å². The molecule has 0 saturated heterocycles. The van der Waals surface area contributed by atoms with Gasteiger partial charge in [-0.05, 0) is 42.3 Å². The van der Waals surface area contributed by atoms with Crippen molar-refractivity contribution < 1.29 is 39.3 Å². The number of amides is 4. The van der Waals surface area contributed by atoms with E-state index in [-0.39, 0.29) is 24.3 Å². The number of carboxylic acid groups (broad SMARTS) is 1. The molecule has 4 unspecified atom stereocenters. The number of hydrogen-bond donors (Lipinski definition) is 8. The van der Waals surface area contributed by atoms with Gasteiger partial charge in [-0.15, -0.1) is 0 Å². The summed E-state index contributed by atoms with van der Waals surface area (Å²) in [6.07, 6.45) is -0.593. The molecule has 2 rings (SSSR count). The fourth-order valence-corrected chi connectivity index (χ4v) is 3.39. The molecule has 10 N–H and O–H groups in total. The van der Waals surface area contributed by atoms with Gasteiger partial charge in [-0.2, -0.15) is 0 Å². The van der Waals surface area contributed by atoms with E-state index in [1.807, 2.05) is 0 Å². The highest BCUT2D eigenvalue weighted by Gasteiger charge is 2.30. The van der Waals surface area contributed by atoms with Crippen LogP contribution in [0.4, 0.5) is 0 Å². The van der Waals surface area contributed by atoms with Gasteiger partial charge in [-0.1, -0.05) is 24.3 Å². The lowest BCUT2D eigenvalue weighted by atomic mass is 10.0. The van der Waals surface area contributed by atoms with Gasteiger partial charge < -0.3 is 42.7 Å². The first-order chi connectivity index (χ1) is 17.8. The van der Waals surface area contributed by atoms with Crippen LogP contribution in [0.25, 0.3) is 0 Å². The third-order valence-electron chi connectivity index (χ3n) is 5.51. The molecule has 0 fully saturated rings. The molecule has 38 heavy (non-hydrogen) atoms. The summed E-state index contributed by atoms with van der Waals surface area (Å²) in [6, 6.07) is 6.57. The number of hydrogen-bond acceptors (Lipinski definition) is 8. The van der Waals surface area contributed by atoms with E-state index in [0.29, 0.717) is 11.1 Å². The largest absolute Gasteiger partial charge is 0.508 e. The van der Waals surface area contributed by atoms with Gasteiger partial charge in [0.25, 0.3) is 0 Å². The predicted molar refractivity (Wildman–Crippen MR) is 135 cm³/mol. The monoisotopic (exact) mass is 529 g/mol. The number of nitrogens with one attached hydrogen (secondary N) is 3. The summed E-state index contributed by atoms with van der Waals surface area (Å²) in [5.41, 5.74) is 11.9. The van der Waals surface area contributed by atoms with E-state index < -0.39 is 60.2 Å². The van der Waals surface area contributed by atoms with Gasteiger partial charge >= 0.3 is 5.97 Å². The van der Waals surface area contributed by atoms with Crippen LogP contribution < -0.4 is 27.4 Å². The molecule has 0 aliphatic rings. The zero-order chi connectivity index (χ0) is 28.4. The molecular weight excluding hydrogens is 498 g/mol. The molecule has 13 heteroatoms. The van der Waals surface area contributed by atoms with Gasteiger partial charge in [0.2, 0.25) is 23.6 Å². The summed E-state index contributed by atoms with van der Waals surface area (Å²) in [7, 11) is 0. The molecule has 204 valence electrons. The predicted octanol–water partition coefficient (Wildman–Crippen LogP) is -1.36. The van der Waals surface area contributed by atoms with Crippen LogP contribution in [0.1, 0.15) is 24.5 Å². The van der Waals surface area contributed by atoms with E-state index in [1.165, 1.54) is 55.5 Å². The van der Waals surface area contributed by atoms with E-state index in [4.69, 9.17) is 16.6 Å². The molecular formula is C25H31N5O8. The number of carbonyl (C=O) groups is 5. The van der Waals surface area contributed by atoms with Crippen LogP contribution >= 0.6 is 0 Å². The van der Waals surface area contributed by atoms with Crippen molar-refractivity contribution >= 4 is 29.6 Å². The normalized spacial score (nSPS) is 13.8. The van der Waals surface area contributed by atoms with E-state index in [2.05, 4.69) is 16.0 Å². The molecule has 0 saturated carbocycles. The highest BCUT2D eigenvalue weighted by molar-refractivity contribution is 5.95. The molecule has 0 aromatic heterocycles. The summed E-state index contributed by atoms with van der Waals surface area (Å²) < 4.78 is 0. The van der Waals surface area contributed by atoms with Gasteiger partial charge in [-0.3, -0.25) is 24.0 Å². The average Bonchev–Trinajstić information content (AvgIpc) is 2.85. The van der Waals surface area contributed by atoms with E-state index in [9.17, 15) is 34.2 Å². The number of benzene rings is 2. The highest BCUT2D eigenvalue weighted by atomic mass is 16.4. The van der Waals surface area contributed by atoms with Crippen molar-refractivity contribution in [2.75, 3.05) is 0 Å². The molecule has 2 aromatic carbocycles. The standard InChI is InChI=1S/C25H31N5O8/c1-13(25(37)38)28-23(35)19(10-14-2-6-16(31)7-3-14)30-24(36)20(11-15-4-8-17(32)9-5-15)29-22(34)18(26)12-21(27)33/h2-9,13,18-20,31-32H,10-12,26H2,1H3,(H2,27,33)(H,28,35)(H,29,34)(H,30,36)(H,37,38). The van der Waals surface area contributed by atoms with Crippen LogP contribution in [0.2, 0.25) is 0 Å². The van der Waals surface area contributed by atoms with Gasteiger partial charge in [0.05, 0.1) is 12.5 Å². The lowest BCUT2D eigenvalue weighted by molar-refractivity contribution is -0.141. The van der Waals surface area contributed by atoms with E-state index in [0.717, 1.165) is 0 Å². The Hall–Kier alpha value is -4.65. The number of aromatic hydroxyl groups is 2. The number of rotatable bonds is 13. The van der Waals surface area contributed by atoms with Crippen LogP contribution in [0.5, 0.6) is 11.5 Å². The quantitative estimate of drug-likeness (QED) is 0.153. The van der Waals surface area contributed by atoms with Crippen LogP contribution in [-0.2, 0) is 36.8 Å².